The summed E-state index contributed by atoms with van der Waals surface area (Å²) in [5, 5.41) is 16.1. The van der Waals surface area contributed by atoms with Crippen LogP contribution in [-0.4, -0.2) is 21.3 Å². The molecule has 0 aliphatic rings. The molecule has 5 nitrogen and oxygen atoms in total. The average Bonchev–Trinajstić information content (AvgIpc) is 2.81. The van der Waals surface area contributed by atoms with Crippen LogP contribution in [0.2, 0.25) is 5.02 Å². The molecule has 0 radical (unpaired) electrons. The minimum absolute atomic E-state index is 0.0249. The Bertz CT molecular complexity index is 600. The van der Waals surface area contributed by atoms with Crippen LogP contribution in [0, 0.1) is 5.82 Å². The molecule has 0 saturated heterocycles. The van der Waals surface area contributed by atoms with E-state index in [2.05, 4.69) is 10.2 Å². The lowest BCUT2D eigenvalue weighted by atomic mass is 10.2. The van der Waals surface area contributed by atoms with E-state index in [0.717, 1.165) is 0 Å². The van der Waals surface area contributed by atoms with E-state index in [-0.39, 0.29) is 17.3 Å². The van der Waals surface area contributed by atoms with Gasteiger partial charge in [0.05, 0.1) is 5.02 Å². The first-order valence-electron chi connectivity index (χ1n) is 5.56. The number of nitrogens with zero attached hydrogens (tertiary/aromatic N) is 2. The molecular formula is C12H10ClFN2O3. The number of carbonyl (C=O) groups is 1. The highest BCUT2D eigenvalue weighted by atomic mass is 35.5. The number of carboxylic acids is 1. The summed E-state index contributed by atoms with van der Waals surface area (Å²) in [6.45, 7) is 0. The van der Waals surface area contributed by atoms with E-state index >= 15 is 0 Å². The van der Waals surface area contributed by atoms with Crippen molar-refractivity contribution in [2.75, 3.05) is 0 Å². The predicted octanol–water partition coefficient (Wildman–Crippen LogP) is 2.94. The summed E-state index contributed by atoms with van der Waals surface area (Å²) in [5.41, 5.74) is 0.517. The van der Waals surface area contributed by atoms with Crippen LogP contribution in [0.25, 0.3) is 11.5 Å². The Morgan fingerprint density at radius 1 is 1.42 bits per heavy atom. The van der Waals surface area contributed by atoms with Crippen LogP contribution in [0.1, 0.15) is 18.7 Å². The summed E-state index contributed by atoms with van der Waals surface area (Å²) < 4.78 is 18.4. The second-order valence-electron chi connectivity index (χ2n) is 3.88. The third-order valence-electron chi connectivity index (χ3n) is 2.41. The number of aromatic nitrogens is 2. The van der Waals surface area contributed by atoms with E-state index in [9.17, 15) is 9.18 Å². The number of halogens is 2. The lowest BCUT2D eigenvalue weighted by Gasteiger charge is -1.97. The fourth-order valence-corrected chi connectivity index (χ4v) is 1.67. The van der Waals surface area contributed by atoms with Gasteiger partial charge in [-0.2, -0.15) is 0 Å². The average molecular weight is 285 g/mol. The van der Waals surface area contributed by atoms with Gasteiger partial charge in [0.15, 0.2) is 0 Å². The topological polar surface area (TPSA) is 76.2 Å². The molecule has 1 aromatic carbocycles. The normalized spacial score (nSPS) is 10.6. The molecule has 2 aromatic rings. The number of hydrogen-bond donors (Lipinski definition) is 1. The molecule has 0 atom stereocenters. The Morgan fingerprint density at radius 2 is 2.21 bits per heavy atom. The zero-order chi connectivity index (χ0) is 13.8. The molecule has 0 bridgehead atoms. The number of aryl methyl sites for hydroxylation is 1. The van der Waals surface area contributed by atoms with Gasteiger partial charge in [-0.1, -0.05) is 11.6 Å². The maximum Gasteiger partial charge on any atom is 0.303 e. The van der Waals surface area contributed by atoms with Gasteiger partial charge in [-0.15, -0.1) is 10.2 Å². The SMILES string of the molecule is O=C(O)CCCc1nnc(-c2ccc(F)c(Cl)c2)o1. The van der Waals surface area contributed by atoms with Gasteiger partial charge in [0.25, 0.3) is 0 Å². The van der Waals surface area contributed by atoms with E-state index in [1.165, 1.54) is 18.2 Å². The molecule has 19 heavy (non-hydrogen) atoms. The molecule has 1 N–H and O–H groups in total. The van der Waals surface area contributed by atoms with E-state index in [1.54, 1.807) is 0 Å². The van der Waals surface area contributed by atoms with Gasteiger partial charge in [0.1, 0.15) is 5.82 Å². The first-order valence-corrected chi connectivity index (χ1v) is 5.93. The summed E-state index contributed by atoms with van der Waals surface area (Å²) in [6.07, 6.45) is 0.843. The van der Waals surface area contributed by atoms with Crippen molar-refractivity contribution in [1.29, 1.82) is 0 Å². The molecule has 0 fully saturated rings. The Balaban J connectivity index is 2.07. The van der Waals surface area contributed by atoms with E-state index in [4.69, 9.17) is 21.1 Å². The van der Waals surface area contributed by atoms with Crippen LogP contribution < -0.4 is 0 Å². The fraction of sp³-hybridized carbons (Fsp3) is 0.250. The lowest BCUT2D eigenvalue weighted by molar-refractivity contribution is -0.137. The van der Waals surface area contributed by atoms with E-state index in [1.807, 2.05) is 0 Å². The maximum absolute atomic E-state index is 13.0. The van der Waals surface area contributed by atoms with E-state index in [0.29, 0.717) is 24.3 Å². The Hall–Kier alpha value is -1.95. The summed E-state index contributed by atoms with van der Waals surface area (Å²) in [7, 11) is 0. The molecule has 100 valence electrons. The van der Waals surface area contributed by atoms with Gasteiger partial charge in [-0.05, 0) is 24.6 Å². The highest BCUT2D eigenvalue weighted by Gasteiger charge is 2.11. The largest absolute Gasteiger partial charge is 0.481 e. The third kappa shape index (κ3) is 3.51. The molecule has 0 unspecified atom stereocenters. The zero-order valence-electron chi connectivity index (χ0n) is 9.77. The van der Waals surface area contributed by atoms with Crippen molar-refractivity contribution in [2.45, 2.75) is 19.3 Å². The number of carboxylic acid groups (broad SMARTS) is 1. The smallest absolute Gasteiger partial charge is 0.303 e. The Morgan fingerprint density at radius 3 is 2.89 bits per heavy atom. The molecule has 1 aromatic heterocycles. The molecule has 7 heteroatoms. The Labute approximate surface area is 113 Å². The quantitative estimate of drug-likeness (QED) is 0.913. The Kier molecular flexibility index (Phi) is 4.11. The first-order chi connectivity index (χ1) is 9.06. The van der Waals surface area contributed by atoms with Crippen LogP contribution in [0.3, 0.4) is 0 Å². The van der Waals surface area contributed by atoms with E-state index < -0.39 is 11.8 Å². The number of rotatable bonds is 5. The molecule has 0 aliphatic carbocycles. The van der Waals surface area contributed by atoms with Gasteiger partial charge >= 0.3 is 5.97 Å². The molecule has 0 saturated carbocycles. The first kappa shape index (κ1) is 13.5. The summed E-state index contributed by atoms with van der Waals surface area (Å²) in [4.78, 5) is 10.4. The molecule has 0 spiro atoms. The van der Waals surface area contributed by atoms with Gasteiger partial charge in [0, 0.05) is 18.4 Å². The molecule has 2 rings (SSSR count). The van der Waals surface area contributed by atoms with Crippen LogP contribution in [0.5, 0.6) is 0 Å². The zero-order valence-corrected chi connectivity index (χ0v) is 10.5. The van der Waals surface area contributed by atoms with Crippen molar-refractivity contribution in [3.63, 3.8) is 0 Å². The van der Waals surface area contributed by atoms with Crippen molar-refractivity contribution in [1.82, 2.24) is 10.2 Å². The maximum atomic E-state index is 13.0. The summed E-state index contributed by atoms with van der Waals surface area (Å²) in [5.74, 6) is -0.819. The standard InChI is InChI=1S/C12H10ClFN2O3/c13-8-6-7(4-5-9(8)14)12-16-15-10(19-12)2-1-3-11(17)18/h4-6H,1-3H2,(H,17,18). The fourth-order valence-electron chi connectivity index (χ4n) is 1.49. The van der Waals surface area contributed by atoms with Gasteiger partial charge in [-0.25, -0.2) is 4.39 Å². The lowest BCUT2D eigenvalue weighted by Crippen LogP contribution is -1.95. The highest BCUT2D eigenvalue weighted by Crippen LogP contribution is 2.24. The highest BCUT2D eigenvalue weighted by molar-refractivity contribution is 6.31. The second-order valence-corrected chi connectivity index (χ2v) is 4.28. The van der Waals surface area contributed by atoms with Gasteiger partial charge in [-0.3, -0.25) is 4.79 Å². The monoisotopic (exact) mass is 284 g/mol. The van der Waals surface area contributed by atoms with Crippen molar-refractivity contribution < 1.29 is 18.7 Å². The van der Waals surface area contributed by atoms with Gasteiger partial charge in [0.2, 0.25) is 11.8 Å². The van der Waals surface area contributed by atoms with Crippen LogP contribution >= 0.6 is 11.6 Å². The number of hydrogen-bond acceptors (Lipinski definition) is 4. The van der Waals surface area contributed by atoms with Crippen molar-refractivity contribution in [2.24, 2.45) is 0 Å². The van der Waals surface area contributed by atoms with Crippen LogP contribution in [0.15, 0.2) is 22.6 Å². The van der Waals surface area contributed by atoms with Crippen LogP contribution in [-0.2, 0) is 11.2 Å². The number of aliphatic carboxylic acids is 1. The van der Waals surface area contributed by atoms with Crippen LogP contribution in [0.4, 0.5) is 4.39 Å². The van der Waals surface area contributed by atoms with Crippen molar-refractivity contribution in [3.05, 3.63) is 34.9 Å². The molecule has 1 heterocycles. The molecule has 0 aliphatic heterocycles. The molecule has 0 amide bonds. The van der Waals surface area contributed by atoms with Crippen molar-refractivity contribution in [3.8, 4) is 11.5 Å². The number of benzene rings is 1. The van der Waals surface area contributed by atoms with Crippen molar-refractivity contribution >= 4 is 17.6 Å². The summed E-state index contributed by atoms with van der Waals surface area (Å²) in [6, 6.07) is 4.09. The summed E-state index contributed by atoms with van der Waals surface area (Å²) >= 11 is 5.66. The third-order valence-corrected chi connectivity index (χ3v) is 2.70. The predicted molar refractivity (Wildman–Crippen MR) is 65.3 cm³/mol. The minimum atomic E-state index is -0.870. The molecular weight excluding hydrogens is 275 g/mol. The second kappa shape index (κ2) is 5.79. The van der Waals surface area contributed by atoms with Gasteiger partial charge < -0.3 is 9.52 Å². The minimum Gasteiger partial charge on any atom is -0.481 e.